The molecule has 13 heteroatoms. The lowest BCUT2D eigenvalue weighted by Crippen LogP contribution is -2.51. The minimum atomic E-state index is -1.01. The van der Waals surface area contributed by atoms with Crippen LogP contribution in [0, 0.1) is 0 Å². The van der Waals surface area contributed by atoms with E-state index in [2.05, 4.69) is 0 Å². The lowest BCUT2D eigenvalue weighted by molar-refractivity contribution is 0.00537. The second-order valence-electron chi connectivity index (χ2n) is 6.82. The highest BCUT2D eigenvalue weighted by molar-refractivity contribution is 7.12. The van der Waals surface area contributed by atoms with Gasteiger partial charge in [-0.25, -0.2) is 5.01 Å². The topological polar surface area (TPSA) is 74.8 Å². The number of ketones is 1. The number of hydrogen-bond acceptors (Lipinski definition) is 5. The van der Waals surface area contributed by atoms with Crippen LogP contribution in [0.3, 0.4) is 0 Å². The predicted molar refractivity (Wildman–Crippen MR) is 133 cm³/mol. The average Bonchev–Trinajstić information content (AvgIpc) is 3.41. The van der Waals surface area contributed by atoms with E-state index in [-0.39, 0.29) is 46.8 Å². The van der Waals surface area contributed by atoms with Crippen molar-refractivity contribution in [2.45, 2.75) is 0 Å². The number of thiophene rings is 1. The Labute approximate surface area is 226 Å². The van der Waals surface area contributed by atoms with Crippen molar-refractivity contribution in [3.8, 4) is 0 Å². The van der Waals surface area contributed by atoms with Crippen LogP contribution in [-0.2, 0) is 0 Å². The van der Waals surface area contributed by atoms with E-state index >= 15 is 0 Å². The Morgan fingerprint density at radius 1 is 0.853 bits per heavy atom. The number of carbonyl (C=O) groups is 4. The molecule has 34 heavy (non-hydrogen) atoms. The van der Waals surface area contributed by atoms with Gasteiger partial charge in [-0.05, 0) is 29.6 Å². The molecule has 3 amide bonds. The summed E-state index contributed by atoms with van der Waals surface area (Å²) in [5.74, 6) is -3.46. The molecule has 0 saturated heterocycles. The summed E-state index contributed by atoms with van der Waals surface area (Å²) in [4.78, 5) is 53.4. The molecule has 0 unspecified atom stereocenters. The largest absolute Gasteiger partial charge is 0.291 e. The van der Waals surface area contributed by atoms with Crippen molar-refractivity contribution in [2.24, 2.45) is 0 Å². The van der Waals surface area contributed by atoms with Gasteiger partial charge in [0.1, 0.15) is 6.54 Å². The molecular weight excluding hydrogens is 589 g/mol. The number of rotatable bonds is 5. The summed E-state index contributed by atoms with van der Waals surface area (Å²) in [7, 11) is 0. The molecule has 0 saturated carbocycles. The molecule has 0 bridgehead atoms. The van der Waals surface area contributed by atoms with Crippen molar-refractivity contribution in [1.82, 2.24) is 10.0 Å². The quantitative estimate of drug-likeness (QED) is 0.135. The van der Waals surface area contributed by atoms with Gasteiger partial charge < -0.3 is 0 Å². The van der Waals surface area contributed by atoms with Gasteiger partial charge in [0.2, 0.25) is 0 Å². The summed E-state index contributed by atoms with van der Waals surface area (Å²) >= 11 is 37.7. The Balaban J connectivity index is 1.85. The minimum absolute atomic E-state index is 0.0511. The molecule has 2 aromatic carbocycles. The van der Waals surface area contributed by atoms with Crippen LogP contribution in [0.2, 0.25) is 30.1 Å². The van der Waals surface area contributed by atoms with Gasteiger partial charge in [0, 0.05) is 5.02 Å². The molecule has 174 valence electrons. The fraction of sp³-hybridized carbons (Fsp3) is 0.0476. The van der Waals surface area contributed by atoms with Crippen LogP contribution in [0.4, 0.5) is 0 Å². The third kappa shape index (κ3) is 4.20. The van der Waals surface area contributed by atoms with Crippen LogP contribution in [0.1, 0.15) is 40.7 Å². The van der Waals surface area contributed by atoms with E-state index in [1.165, 1.54) is 18.2 Å². The Kier molecular flexibility index (Phi) is 7.18. The number of hydrogen-bond donors (Lipinski definition) is 0. The third-order valence-corrected chi connectivity index (χ3v) is 8.07. The number of amides is 3. The molecule has 1 aromatic heterocycles. The zero-order chi connectivity index (χ0) is 24.9. The van der Waals surface area contributed by atoms with Crippen molar-refractivity contribution in [3.63, 3.8) is 0 Å². The first-order chi connectivity index (χ1) is 16.0. The molecule has 0 radical (unpaired) electrons. The monoisotopic (exact) mass is 594 g/mol. The number of imide groups is 1. The molecule has 1 aliphatic rings. The highest BCUT2D eigenvalue weighted by Crippen LogP contribution is 2.45. The third-order valence-electron chi connectivity index (χ3n) is 4.81. The van der Waals surface area contributed by atoms with Crippen molar-refractivity contribution >= 4 is 104 Å². The number of fused-ring (bicyclic) bond motifs is 1. The van der Waals surface area contributed by atoms with Crippen molar-refractivity contribution in [1.29, 1.82) is 0 Å². The van der Waals surface area contributed by atoms with E-state index in [9.17, 15) is 19.2 Å². The van der Waals surface area contributed by atoms with Gasteiger partial charge in [0.25, 0.3) is 17.7 Å². The highest BCUT2D eigenvalue weighted by atomic mass is 35.5. The normalized spacial score (nSPS) is 12.8. The van der Waals surface area contributed by atoms with Crippen molar-refractivity contribution in [3.05, 3.63) is 87.4 Å². The summed E-state index contributed by atoms with van der Waals surface area (Å²) in [6.07, 6.45) is 0. The maximum atomic E-state index is 13.5. The Morgan fingerprint density at radius 3 is 1.94 bits per heavy atom. The summed E-state index contributed by atoms with van der Waals surface area (Å²) < 4.78 is 0. The molecule has 2 heterocycles. The Bertz CT molecular complexity index is 1350. The van der Waals surface area contributed by atoms with Crippen molar-refractivity contribution < 1.29 is 19.2 Å². The number of carbonyl (C=O) groups excluding carboxylic acids is 4. The summed E-state index contributed by atoms with van der Waals surface area (Å²) in [6.45, 7) is -0.666. The number of benzene rings is 2. The van der Waals surface area contributed by atoms with Crippen LogP contribution >= 0.6 is 80.9 Å². The molecule has 0 aliphatic carbocycles. The lowest BCUT2D eigenvalue weighted by Gasteiger charge is -2.29. The van der Waals surface area contributed by atoms with Gasteiger partial charge >= 0.3 is 0 Å². The van der Waals surface area contributed by atoms with Gasteiger partial charge in [-0.3, -0.25) is 19.2 Å². The van der Waals surface area contributed by atoms with E-state index in [1.807, 2.05) is 0 Å². The number of nitrogens with zero attached hydrogens (tertiary/aromatic N) is 2. The molecule has 1 aliphatic heterocycles. The Morgan fingerprint density at radius 2 is 1.44 bits per heavy atom. The van der Waals surface area contributed by atoms with E-state index in [4.69, 9.17) is 69.6 Å². The minimum Gasteiger partial charge on any atom is -0.291 e. The molecule has 0 spiro atoms. The van der Waals surface area contributed by atoms with Crippen LogP contribution in [0.5, 0.6) is 0 Å². The molecule has 0 atom stereocenters. The first-order valence-corrected chi connectivity index (χ1v) is 12.3. The van der Waals surface area contributed by atoms with E-state index in [0.717, 1.165) is 11.3 Å². The van der Waals surface area contributed by atoms with Gasteiger partial charge in [-0.2, -0.15) is 5.01 Å². The fourth-order valence-electron chi connectivity index (χ4n) is 3.24. The van der Waals surface area contributed by atoms with Crippen molar-refractivity contribution in [2.75, 3.05) is 6.54 Å². The SMILES string of the molecule is O=C(CN(C(=O)c1ccc(Cl)cc1Cl)N1C(=O)c2c(Cl)c(Cl)c(Cl)c(Cl)c2C1=O)c1cccs1. The smallest absolute Gasteiger partial charge is 0.282 e. The van der Waals surface area contributed by atoms with E-state index < -0.39 is 30.0 Å². The lowest BCUT2D eigenvalue weighted by atomic mass is 10.1. The number of halogens is 6. The zero-order valence-electron chi connectivity index (χ0n) is 16.4. The van der Waals surface area contributed by atoms with Crippen LogP contribution in [-0.4, -0.2) is 40.1 Å². The molecule has 6 nitrogen and oxygen atoms in total. The van der Waals surface area contributed by atoms with Gasteiger partial charge in [0.15, 0.2) is 5.78 Å². The summed E-state index contributed by atoms with van der Waals surface area (Å²) in [5, 5.41) is 1.94. The Hall–Kier alpha value is -1.84. The average molecular weight is 597 g/mol. The van der Waals surface area contributed by atoms with E-state index in [1.54, 1.807) is 17.5 Å². The fourth-order valence-corrected chi connectivity index (χ4v) is 5.40. The van der Waals surface area contributed by atoms with E-state index in [0.29, 0.717) is 14.9 Å². The molecular formula is C21H8Cl6N2O4S. The first-order valence-electron chi connectivity index (χ1n) is 9.12. The number of hydrazine groups is 1. The van der Waals surface area contributed by atoms with Gasteiger partial charge in [0.05, 0.1) is 46.7 Å². The number of Topliss-reactive ketones (excluding diaryl/α,β-unsaturated/α-hetero) is 1. The predicted octanol–water partition coefficient (Wildman–Crippen LogP) is 7.20. The van der Waals surface area contributed by atoms with Gasteiger partial charge in [-0.1, -0.05) is 75.7 Å². The summed E-state index contributed by atoms with van der Waals surface area (Å²) in [5.41, 5.74) is -0.779. The van der Waals surface area contributed by atoms with Gasteiger partial charge in [-0.15, -0.1) is 11.3 Å². The standard InChI is InChI=1S/C21H8Cl6N2O4S/c22-8-3-4-9(10(23)6-8)19(31)28(7-11(30)12-2-1-5-34-12)29-20(32)13-14(21(29)33)16(25)18(27)17(26)15(13)24/h1-6H,7H2. The molecule has 3 aromatic rings. The van der Waals surface area contributed by atoms with Crippen LogP contribution < -0.4 is 0 Å². The highest BCUT2D eigenvalue weighted by Gasteiger charge is 2.46. The maximum Gasteiger partial charge on any atom is 0.282 e. The molecule has 4 rings (SSSR count). The summed E-state index contributed by atoms with van der Waals surface area (Å²) in [6, 6.07) is 7.20. The molecule has 0 N–H and O–H groups in total. The first kappa shape index (κ1) is 25.3. The second-order valence-corrected chi connectivity index (χ2v) is 10.1. The molecule has 0 fully saturated rings. The van der Waals surface area contributed by atoms with Crippen LogP contribution in [0.25, 0.3) is 0 Å². The maximum absolute atomic E-state index is 13.5. The van der Waals surface area contributed by atoms with Crippen LogP contribution in [0.15, 0.2) is 35.7 Å². The zero-order valence-corrected chi connectivity index (χ0v) is 21.7. The second kappa shape index (κ2) is 9.66.